The monoisotopic (exact) mass is 541 g/mol. The average Bonchev–Trinajstić information content (AvgIpc) is 3.55. The lowest BCUT2D eigenvalue weighted by atomic mass is 9.96. The number of ether oxygens (including phenoxy) is 2. The number of hydrogen-bond acceptors (Lipinski definition) is 8. The zero-order valence-electron chi connectivity index (χ0n) is 21.9. The zero-order chi connectivity index (χ0) is 27.9. The lowest BCUT2D eigenvalue weighted by molar-refractivity contribution is 0.0944. The highest BCUT2D eigenvalue weighted by molar-refractivity contribution is 5.95. The number of aromatic amines is 1. The molecule has 11 heteroatoms. The summed E-state index contributed by atoms with van der Waals surface area (Å²) < 4.78 is 25.4. The fourth-order valence-corrected chi connectivity index (χ4v) is 4.67. The van der Waals surface area contributed by atoms with Gasteiger partial charge in [-0.3, -0.25) is 9.89 Å². The highest BCUT2D eigenvalue weighted by atomic mass is 19.1. The van der Waals surface area contributed by atoms with Crippen LogP contribution in [0.5, 0.6) is 11.5 Å². The molecule has 0 aliphatic carbocycles. The van der Waals surface area contributed by atoms with Crippen molar-refractivity contribution in [2.45, 2.75) is 12.8 Å². The summed E-state index contributed by atoms with van der Waals surface area (Å²) in [6.07, 6.45) is 4.44. The normalized spacial score (nSPS) is 13.5. The summed E-state index contributed by atoms with van der Waals surface area (Å²) in [4.78, 5) is 23.6. The van der Waals surface area contributed by atoms with E-state index in [2.05, 4.69) is 25.5 Å². The van der Waals surface area contributed by atoms with E-state index >= 15 is 0 Å². The minimum absolute atomic E-state index is 0.126. The smallest absolute Gasteiger partial charge is 0.251 e. The zero-order valence-corrected chi connectivity index (χ0v) is 21.9. The summed E-state index contributed by atoms with van der Waals surface area (Å²) in [7, 11) is 1.50. The molecule has 0 atom stereocenters. The van der Waals surface area contributed by atoms with Gasteiger partial charge in [0.25, 0.3) is 5.91 Å². The molecule has 1 aliphatic rings. The number of carbonyl (C=O) groups is 1. The molecule has 0 bridgehead atoms. The van der Waals surface area contributed by atoms with Crippen molar-refractivity contribution in [1.29, 1.82) is 5.26 Å². The Morgan fingerprint density at radius 2 is 1.98 bits per heavy atom. The summed E-state index contributed by atoms with van der Waals surface area (Å²) in [6.45, 7) is 1.57. The van der Waals surface area contributed by atoms with Gasteiger partial charge in [-0.15, -0.1) is 0 Å². The molecule has 2 N–H and O–H groups in total. The molecular weight excluding hydrogens is 513 g/mol. The van der Waals surface area contributed by atoms with Gasteiger partial charge in [0.1, 0.15) is 17.6 Å². The Morgan fingerprint density at radius 1 is 1.18 bits per heavy atom. The maximum Gasteiger partial charge on any atom is 0.251 e. The van der Waals surface area contributed by atoms with Gasteiger partial charge < -0.3 is 19.7 Å². The summed E-state index contributed by atoms with van der Waals surface area (Å²) in [5, 5.41) is 18.7. The Balaban J connectivity index is 1.20. The molecule has 2 aromatic heterocycles. The number of carbonyl (C=O) groups excluding carboxylic acids is 1. The van der Waals surface area contributed by atoms with E-state index in [1.165, 1.54) is 13.3 Å². The van der Waals surface area contributed by atoms with Crippen molar-refractivity contribution in [2.75, 3.05) is 38.3 Å². The van der Waals surface area contributed by atoms with Crippen LogP contribution < -0.4 is 19.7 Å². The topological polar surface area (TPSA) is 129 Å². The number of H-pyrrole nitrogens is 1. The van der Waals surface area contributed by atoms with Gasteiger partial charge in [-0.2, -0.15) is 10.4 Å². The van der Waals surface area contributed by atoms with Gasteiger partial charge in [-0.25, -0.2) is 14.4 Å². The van der Waals surface area contributed by atoms with Crippen LogP contribution in [-0.2, 0) is 0 Å². The van der Waals surface area contributed by atoms with E-state index in [9.17, 15) is 9.18 Å². The molecule has 0 unspecified atom stereocenters. The van der Waals surface area contributed by atoms with Gasteiger partial charge in [0.2, 0.25) is 0 Å². The van der Waals surface area contributed by atoms with E-state index in [0.717, 1.165) is 29.7 Å². The van der Waals surface area contributed by atoms with Crippen molar-refractivity contribution in [3.8, 4) is 40.2 Å². The SMILES string of the molecule is COc1cc(OCC#N)cc(C(=O)NCC2CCN(c3nc(-c4cccc(-c5ccn[nH]5)c4)ncc3F)CC2)c1. The van der Waals surface area contributed by atoms with Gasteiger partial charge in [0.15, 0.2) is 24.1 Å². The van der Waals surface area contributed by atoms with Crippen LogP contribution in [0.25, 0.3) is 22.6 Å². The van der Waals surface area contributed by atoms with Gasteiger partial charge in [0, 0.05) is 48.6 Å². The molecule has 4 aromatic rings. The van der Waals surface area contributed by atoms with Crippen molar-refractivity contribution in [1.82, 2.24) is 25.5 Å². The number of nitrogens with zero attached hydrogens (tertiary/aromatic N) is 5. The van der Waals surface area contributed by atoms with Crippen molar-refractivity contribution in [3.63, 3.8) is 0 Å². The summed E-state index contributed by atoms with van der Waals surface area (Å²) in [5.74, 6) is 1.09. The first-order valence-electron chi connectivity index (χ1n) is 12.9. The number of amides is 1. The van der Waals surface area contributed by atoms with E-state index in [1.807, 2.05) is 41.3 Å². The minimum Gasteiger partial charge on any atom is -0.497 e. The fourth-order valence-electron chi connectivity index (χ4n) is 4.67. The fraction of sp³-hybridized carbons (Fsp3) is 0.276. The number of nitriles is 1. The van der Waals surface area contributed by atoms with Gasteiger partial charge in [0.05, 0.1) is 19.0 Å². The molecule has 40 heavy (non-hydrogen) atoms. The number of halogens is 1. The predicted molar refractivity (Wildman–Crippen MR) is 146 cm³/mol. The van der Waals surface area contributed by atoms with E-state index in [1.54, 1.807) is 24.4 Å². The molecule has 0 radical (unpaired) electrons. The third-order valence-corrected chi connectivity index (χ3v) is 6.80. The van der Waals surface area contributed by atoms with Crippen LogP contribution in [0.1, 0.15) is 23.2 Å². The number of methoxy groups -OCH3 is 1. The van der Waals surface area contributed by atoms with E-state index in [-0.39, 0.29) is 24.2 Å². The lowest BCUT2D eigenvalue weighted by Crippen LogP contribution is -2.39. The lowest BCUT2D eigenvalue weighted by Gasteiger charge is -2.33. The molecule has 10 nitrogen and oxygen atoms in total. The van der Waals surface area contributed by atoms with E-state index < -0.39 is 5.82 Å². The Bertz CT molecular complexity index is 1510. The van der Waals surface area contributed by atoms with Crippen molar-refractivity contribution in [2.24, 2.45) is 5.92 Å². The van der Waals surface area contributed by atoms with Crippen LogP contribution in [-0.4, -0.2) is 59.4 Å². The largest absolute Gasteiger partial charge is 0.497 e. The average molecular weight is 542 g/mol. The van der Waals surface area contributed by atoms with Gasteiger partial charge in [-0.1, -0.05) is 18.2 Å². The molecule has 1 aliphatic heterocycles. The van der Waals surface area contributed by atoms with Crippen molar-refractivity contribution in [3.05, 3.63) is 72.3 Å². The van der Waals surface area contributed by atoms with Crippen LogP contribution in [0.3, 0.4) is 0 Å². The molecule has 0 spiro atoms. The van der Waals surface area contributed by atoms with Crippen molar-refractivity contribution >= 4 is 11.7 Å². The number of anilines is 1. The maximum atomic E-state index is 14.8. The molecule has 0 saturated carbocycles. The Hall–Kier alpha value is -4.98. The third-order valence-electron chi connectivity index (χ3n) is 6.80. The first-order chi connectivity index (χ1) is 19.5. The van der Waals surface area contributed by atoms with Crippen LogP contribution in [0.15, 0.2) is 60.9 Å². The van der Waals surface area contributed by atoms with Crippen molar-refractivity contribution < 1.29 is 18.7 Å². The maximum absolute atomic E-state index is 14.8. The third kappa shape index (κ3) is 6.18. The molecule has 1 fully saturated rings. The number of aromatic nitrogens is 4. The summed E-state index contributed by atoms with van der Waals surface area (Å²) >= 11 is 0. The second kappa shape index (κ2) is 12.3. The summed E-state index contributed by atoms with van der Waals surface area (Å²) in [6, 6.07) is 16.3. The van der Waals surface area contributed by atoms with Crippen LogP contribution in [0.2, 0.25) is 0 Å². The molecule has 1 saturated heterocycles. The van der Waals surface area contributed by atoms with Gasteiger partial charge >= 0.3 is 0 Å². The molecule has 2 aromatic carbocycles. The number of piperidine rings is 1. The van der Waals surface area contributed by atoms with Crippen LogP contribution >= 0.6 is 0 Å². The second-order valence-electron chi connectivity index (χ2n) is 9.40. The predicted octanol–water partition coefficient (Wildman–Crippen LogP) is 4.23. The Morgan fingerprint density at radius 3 is 2.73 bits per heavy atom. The minimum atomic E-state index is -0.465. The molecular formula is C29H28FN7O3. The number of hydrogen-bond donors (Lipinski definition) is 2. The van der Waals surface area contributed by atoms with E-state index in [4.69, 9.17) is 14.7 Å². The van der Waals surface area contributed by atoms with Gasteiger partial charge in [-0.05, 0) is 43.0 Å². The highest BCUT2D eigenvalue weighted by Gasteiger charge is 2.24. The quantitative estimate of drug-likeness (QED) is 0.322. The standard InChI is InChI=1S/C29H28FN7O3/c1-39-23-14-22(15-24(16-23)40-12-8-31)29(38)33-17-19-6-10-37(11-7-19)28-25(30)18-32-27(35-28)21-4-2-3-20(13-21)26-5-9-34-36-26/h2-5,9,13-16,18-19H,6-7,10-12,17H2,1H3,(H,33,38)(H,34,36). The second-order valence-corrected chi connectivity index (χ2v) is 9.40. The van der Waals surface area contributed by atoms with E-state index in [0.29, 0.717) is 42.5 Å². The number of rotatable bonds is 9. The van der Waals surface area contributed by atoms with Crippen LogP contribution in [0, 0.1) is 23.1 Å². The first kappa shape index (κ1) is 26.6. The molecule has 204 valence electrons. The first-order valence-corrected chi connectivity index (χ1v) is 12.9. The summed E-state index contributed by atoms with van der Waals surface area (Å²) in [5.41, 5.74) is 2.98. The highest BCUT2D eigenvalue weighted by Crippen LogP contribution is 2.28. The number of nitrogens with one attached hydrogen (secondary N) is 2. The molecule has 3 heterocycles. The molecule has 5 rings (SSSR count). The van der Waals surface area contributed by atoms with Crippen LogP contribution in [0.4, 0.5) is 10.2 Å². The molecule has 1 amide bonds. The Kier molecular flexibility index (Phi) is 8.15. The number of benzene rings is 2. The Labute approximate surface area is 230 Å².